The zero-order valence-corrected chi connectivity index (χ0v) is 10.5. The molecule has 4 heteroatoms. The number of likely N-dealkylation sites (N-methyl/N-ethyl adjacent to an activating group) is 1. The van der Waals surface area contributed by atoms with Crippen molar-refractivity contribution in [1.29, 1.82) is 0 Å². The van der Waals surface area contributed by atoms with Crippen molar-refractivity contribution < 1.29 is 9.21 Å². The molecule has 0 atom stereocenters. The van der Waals surface area contributed by atoms with Crippen molar-refractivity contribution in [2.45, 2.75) is 20.4 Å². The zero-order chi connectivity index (χ0) is 12.1. The Morgan fingerprint density at radius 2 is 2.00 bits per heavy atom. The van der Waals surface area contributed by atoms with Crippen LogP contribution in [-0.2, 0) is 11.3 Å². The Morgan fingerprint density at radius 1 is 1.31 bits per heavy atom. The minimum Gasteiger partial charge on any atom is -0.464 e. The van der Waals surface area contributed by atoms with E-state index in [1.165, 1.54) is 0 Å². The SMILES string of the molecule is CC(=O)N(CCN(C)C)Cc1ccc(C)o1. The first-order valence-corrected chi connectivity index (χ1v) is 5.44. The van der Waals surface area contributed by atoms with Gasteiger partial charge in [-0.25, -0.2) is 0 Å². The molecule has 16 heavy (non-hydrogen) atoms. The summed E-state index contributed by atoms with van der Waals surface area (Å²) in [6.07, 6.45) is 0. The smallest absolute Gasteiger partial charge is 0.219 e. The Hall–Kier alpha value is -1.29. The molecule has 0 unspecified atom stereocenters. The average molecular weight is 224 g/mol. The van der Waals surface area contributed by atoms with Crippen molar-refractivity contribution >= 4 is 5.91 Å². The van der Waals surface area contributed by atoms with Crippen molar-refractivity contribution in [3.63, 3.8) is 0 Å². The van der Waals surface area contributed by atoms with Crippen molar-refractivity contribution in [2.75, 3.05) is 27.2 Å². The number of rotatable bonds is 5. The third-order valence-electron chi connectivity index (χ3n) is 2.41. The summed E-state index contributed by atoms with van der Waals surface area (Å²) in [5.41, 5.74) is 0. The molecule has 1 aromatic heterocycles. The number of hydrogen-bond donors (Lipinski definition) is 0. The lowest BCUT2D eigenvalue weighted by Gasteiger charge is -2.21. The van der Waals surface area contributed by atoms with Crippen molar-refractivity contribution in [3.05, 3.63) is 23.7 Å². The minimum absolute atomic E-state index is 0.0795. The number of carbonyl (C=O) groups excluding carboxylic acids is 1. The fraction of sp³-hybridized carbons (Fsp3) is 0.583. The van der Waals surface area contributed by atoms with Crippen LogP contribution in [-0.4, -0.2) is 42.9 Å². The molecule has 0 aromatic carbocycles. The van der Waals surface area contributed by atoms with E-state index in [4.69, 9.17) is 4.42 Å². The highest BCUT2D eigenvalue weighted by atomic mass is 16.3. The van der Waals surface area contributed by atoms with Crippen LogP contribution in [0.25, 0.3) is 0 Å². The quantitative estimate of drug-likeness (QED) is 0.760. The van der Waals surface area contributed by atoms with Crippen molar-refractivity contribution in [3.8, 4) is 0 Å². The number of nitrogens with zero attached hydrogens (tertiary/aromatic N) is 2. The molecule has 1 rings (SSSR count). The third kappa shape index (κ3) is 4.06. The van der Waals surface area contributed by atoms with Crippen LogP contribution in [0.15, 0.2) is 16.5 Å². The van der Waals surface area contributed by atoms with Gasteiger partial charge < -0.3 is 14.2 Å². The van der Waals surface area contributed by atoms with Gasteiger partial charge in [-0.15, -0.1) is 0 Å². The van der Waals surface area contributed by atoms with Gasteiger partial charge in [0.2, 0.25) is 5.91 Å². The van der Waals surface area contributed by atoms with E-state index in [-0.39, 0.29) is 5.91 Å². The molecule has 0 aliphatic rings. The van der Waals surface area contributed by atoms with Gasteiger partial charge in [0.1, 0.15) is 11.5 Å². The molecule has 1 heterocycles. The summed E-state index contributed by atoms with van der Waals surface area (Å²) in [5, 5.41) is 0. The lowest BCUT2D eigenvalue weighted by Crippen LogP contribution is -2.34. The molecule has 0 aliphatic carbocycles. The van der Waals surface area contributed by atoms with Crippen molar-refractivity contribution in [2.24, 2.45) is 0 Å². The number of aryl methyl sites for hydroxylation is 1. The Kier molecular flexibility index (Phi) is 4.55. The van der Waals surface area contributed by atoms with E-state index in [1.54, 1.807) is 11.8 Å². The highest BCUT2D eigenvalue weighted by molar-refractivity contribution is 5.73. The molecule has 1 amide bonds. The Labute approximate surface area is 96.8 Å². The summed E-state index contributed by atoms with van der Waals surface area (Å²) >= 11 is 0. The van der Waals surface area contributed by atoms with E-state index in [2.05, 4.69) is 4.90 Å². The second-order valence-corrected chi connectivity index (χ2v) is 4.26. The summed E-state index contributed by atoms with van der Waals surface area (Å²) < 4.78 is 5.46. The molecule has 90 valence electrons. The molecule has 1 aromatic rings. The van der Waals surface area contributed by atoms with Crippen LogP contribution < -0.4 is 0 Å². The average Bonchev–Trinajstić information content (AvgIpc) is 2.57. The highest BCUT2D eigenvalue weighted by Crippen LogP contribution is 2.09. The van der Waals surface area contributed by atoms with E-state index in [0.717, 1.165) is 24.6 Å². The van der Waals surface area contributed by atoms with Crippen LogP contribution in [0.3, 0.4) is 0 Å². The third-order valence-corrected chi connectivity index (χ3v) is 2.41. The summed E-state index contributed by atoms with van der Waals surface area (Å²) in [4.78, 5) is 15.3. The summed E-state index contributed by atoms with van der Waals surface area (Å²) in [6, 6.07) is 3.83. The molecule has 0 spiro atoms. The first-order valence-electron chi connectivity index (χ1n) is 5.44. The molecule has 0 saturated heterocycles. The number of amides is 1. The molecule has 0 fully saturated rings. The molecule has 4 nitrogen and oxygen atoms in total. The van der Waals surface area contributed by atoms with E-state index in [1.807, 2.05) is 33.2 Å². The van der Waals surface area contributed by atoms with Crippen molar-refractivity contribution in [1.82, 2.24) is 9.80 Å². The van der Waals surface area contributed by atoms with Crippen LogP contribution in [0.5, 0.6) is 0 Å². The van der Waals surface area contributed by atoms with Gasteiger partial charge in [0.25, 0.3) is 0 Å². The maximum atomic E-state index is 11.4. The van der Waals surface area contributed by atoms with Gasteiger partial charge in [0.15, 0.2) is 0 Å². The molecule has 0 bridgehead atoms. The van der Waals surface area contributed by atoms with E-state index in [9.17, 15) is 4.79 Å². The van der Waals surface area contributed by atoms with E-state index < -0.39 is 0 Å². The molecule has 0 N–H and O–H groups in total. The van der Waals surface area contributed by atoms with Gasteiger partial charge in [-0.2, -0.15) is 0 Å². The summed E-state index contributed by atoms with van der Waals surface area (Å²) in [5.74, 6) is 1.80. The number of carbonyl (C=O) groups is 1. The van der Waals surface area contributed by atoms with Gasteiger partial charge in [-0.1, -0.05) is 0 Å². The lowest BCUT2D eigenvalue weighted by molar-refractivity contribution is -0.129. The summed E-state index contributed by atoms with van der Waals surface area (Å²) in [7, 11) is 3.99. The van der Waals surface area contributed by atoms with Crippen LogP contribution in [0.1, 0.15) is 18.4 Å². The predicted octanol–water partition coefficient (Wildman–Crippen LogP) is 1.50. The monoisotopic (exact) mass is 224 g/mol. The van der Waals surface area contributed by atoms with Gasteiger partial charge in [-0.3, -0.25) is 4.79 Å². The molecule has 0 aliphatic heterocycles. The standard InChI is InChI=1S/C12H20N2O2/c1-10-5-6-12(16-10)9-14(11(2)15)8-7-13(3)4/h5-6H,7-9H2,1-4H3. The first-order chi connectivity index (χ1) is 7.49. The fourth-order valence-electron chi connectivity index (χ4n) is 1.43. The van der Waals surface area contributed by atoms with E-state index >= 15 is 0 Å². The van der Waals surface area contributed by atoms with Gasteiger partial charge in [0.05, 0.1) is 6.54 Å². The van der Waals surface area contributed by atoms with Crippen LogP contribution in [0.4, 0.5) is 0 Å². The second-order valence-electron chi connectivity index (χ2n) is 4.26. The van der Waals surface area contributed by atoms with Crippen LogP contribution >= 0.6 is 0 Å². The number of hydrogen-bond acceptors (Lipinski definition) is 3. The maximum Gasteiger partial charge on any atom is 0.219 e. The lowest BCUT2D eigenvalue weighted by atomic mass is 10.3. The second kappa shape index (κ2) is 5.70. The molecule has 0 radical (unpaired) electrons. The topological polar surface area (TPSA) is 36.7 Å². The fourth-order valence-corrected chi connectivity index (χ4v) is 1.43. The zero-order valence-electron chi connectivity index (χ0n) is 10.5. The minimum atomic E-state index is 0.0795. The molecular weight excluding hydrogens is 204 g/mol. The largest absolute Gasteiger partial charge is 0.464 e. The molecule has 0 saturated carbocycles. The maximum absolute atomic E-state index is 11.4. The van der Waals surface area contributed by atoms with Crippen LogP contribution in [0, 0.1) is 6.92 Å². The van der Waals surface area contributed by atoms with E-state index in [0.29, 0.717) is 6.54 Å². The predicted molar refractivity (Wildman–Crippen MR) is 63.1 cm³/mol. The Balaban J connectivity index is 2.54. The number of furan rings is 1. The Morgan fingerprint density at radius 3 is 2.44 bits per heavy atom. The van der Waals surface area contributed by atoms with Gasteiger partial charge in [0, 0.05) is 20.0 Å². The summed E-state index contributed by atoms with van der Waals surface area (Å²) in [6.45, 7) is 5.63. The Bertz CT molecular complexity index is 345. The van der Waals surface area contributed by atoms with Gasteiger partial charge >= 0.3 is 0 Å². The molecular formula is C12H20N2O2. The first kappa shape index (κ1) is 12.8. The normalized spacial score (nSPS) is 10.8. The highest BCUT2D eigenvalue weighted by Gasteiger charge is 2.11. The van der Waals surface area contributed by atoms with Crippen LogP contribution in [0.2, 0.25) is 0 Å². The van der Waals surface area contributed by atoms with Gasteiger partial charge in [-0.05, 0) is 33.2 Å².